The Bertz CT molecular complexity index is 1180. The molecule has 11 heteroatoms. The van der Waals surface area contributed by atoms with E-state index in [1.807, 2.05) is 0 Å². The predicted molar refractivity (Wildman–Crippen MR) is 120 cm³/mol. The van der Waals surface area contributed by atoms with Crippen molar-refractivity contribution in [3.8, 4) is 11.5 Å². The molecule has 4 rings (SSSR count). The summed E-state index contributed by atoms with van der Waals surface area (Å²) in [5.41, 5.74) is 0.317. The predicted octanol–water partition coefficient (Wildman–Crippen LogP) is 3.43. The molecule has 2 aromatic carbocycles. The van der Waals surface area contributed by atoms with E-state index in [9.17, 15) is 18.0 Å². The van der Waals surface area contributed by atoms with Crippen LogP contribution in [0.5, 0.6) is 11.5 Å². The van der Waals surface area contributed by atoms with Crippen LogP contribution in [0.3, 0.4) is 0 Å². The van der Waals surface area contributed by atoms with Gasteiger partial charge in [0.05, 0.1) is 21.2 Å². The molecule has 33 heavy (non-hydrogen) atoms. The summed E-state index contributed by atoms with van der Waals surface area (Å²) in [5, 5.41) is 2.71. The molecule has 1 atom stereocenters. The summed E-state index contributed by atoms with van der Waals surface area (Å²) in [6.45, 7) is 2.39. The van der Waals surface area contributed by atoms with Gasteiger partial charge in [-0.15, -0.1) is 0 Å². The number of benzene rings is 2. The maximum atomic E-state index is 12.9. The average molecular weight is 495 g/mol. The summed E-state index contributed by atoms with van der Waals surface area (Å²) >= 11 is 6.18. The Labute approximate surface area is 196 Å². The van der Waals surface area contributed by atoms with E-state index in [1.54, 1.807) is 6.07 Å². The van der Waals surface area contributed by atoms with Crippen LogP contribution >= 0.6 is 11.6 Å². The molecule has 1 fully saturated rings. The number of halogens is 1. The number of ether oxygens (including phenoxy) is 3. The highest BCUT2D eigenvalue weighted by molar-refractivity contribution is 7.89. The first-order valence-electron chi connectivity index (χ1n) is 10.5. The highest BCUT2D eigenvalue weighted by Gasteiger charge is 2.27. The molecule has 9 nitrogen and oxygen atoms in total. The third kappa shape index (κ3) is 5.07. The van der Waals surface area contributed by atoms with Crippen molar-refractivity contribution in [1.82, 2.24) is 4.31 Å². The van der Waals surface area contributed by atoms with Gasteiger partial charge in [-0.3, -0.25) is 4.79 Å². The lowest BCUT2D eigenvalue weighted by Crippen LogP contribution is -2.35. The van der Waals surface area contributed by atoms with Crippen molar-refractivity contribution < 1.29 is 32.2 Å². The normalized spacial score (nSPS) is 16.8. The SMILES string of the molecule is C[C@H](OC(=O)c1ccc2c(c1)OCO2)C(=O)Nc1cc(S(=O)(=O)N2CCCCC2)ccc1Cl. The maximum Gasteiger partial charge on any atom is 0.339 e. The fourth-order valence-corrected chi connectivity index (χ4v) is 5.26. The molecule has 2 aliphatic rings. The van der Waals surface area contributed by atoms with Crippen molar-refractivity contribution in [3.05, 3.63) is 47.0 Å². The molecular weight excluding hydrogens is 472 g/mol. The van der Waals surface area contributed by atoms with Crippen molar-refractivity contribution >= 4 is 39.2 Å². The fraction of sp³-hybridized carbons (Fsp3) is 0.364. The van der Waals surface area contributed by atoms with Crippen LogP contribution in [0.2, 0.25) is 5.02 Å². The Morgan fingerprint density at radius 2 is 1.79 bits per heavy atom. The van der Waals surface area contributed by atoms with E-state index in [0.717, 1.165) is 19.3 Å². The lowest BCUT2D eigenvalue weighted by atomic mass is 10.2. The number of anilines is 1. The summed E-state index contributed by atoms with van der Waals surface area (Å²) in [6, 6.07) is 8.70. The molecule has 0 saturated carbocycles. The van der Waals surface area contributed by atoms with Crippen LogP contribution in [0.15, 0.2) is 41.3 Å². The average Bonchev–Trinajstić information content (AvgIpc) is 3.28. The third-order valence-electron chi connectivity index (χ3n) is 5.41. The number of hydrogen-bond donors (Lipinski definition) is 1. The first-order chi connectivity index (χ1) is 15.8. The minimum Gasteiger partial charge on any atom is -0.454 e. The topological polar surface area (TPSA) is 111 Å². The van der Waals surface area contributed by atoms with Crippen LogP contribution in [-0.2, 0) is 19.6 Å². The number of hydrogen-bond acceptors (Lipinski definition) is 7. The third-order valence-corrected chi connectivity index (χ3v) is 7.63. The number of carbonyl (C=O) groups is 2. The number of fused-ring (bicyclic) bond motifs is 1. The molecule has 176 valence electrons. The van der Waals surface area contributed by atoms with Gasteiger partial charge in [-0.1, -0.05) is 18.0 Å². The number of piperidine rings is 1. The van der Waals surface area contributed by atoms with Crippen molar-refractivity contribution in [2.75, 3.05) is 25.2 Å². The monoisotopic (exact) mass is 494 g/mol. The van der Waals surface area contributed by atoms with Crippen LogP contribution in [0.1, 0.15) is 36.5 Å². The van der Waals surface area contributed by atoms with Crippen molar-refractivity contribution in [3.63, 3.8) is 0 Å². The first kappa shape index (κ1) is 23.3. The van der Waals surface area contributed by atoms with E-state index >= 15 is 0 Å². The molecule has 2 heterocycles. The Kier molecular flexibility index (Phi) is 6.78. The number of esters is 1. The van der Waals surface area contributed by atoms with E-state index < -0.39 is 28.0 Å². The number of amides is 1. The number of nitrogens with one attached hydrogen (secondary N) is 1. The van der Waals surface area contributed by atoms with E-state index in [-0.39, 0.29) is 28.0 Å². The Balaban J connectivity index is 1.44. The fourth-order valence-electron chi connectivity index (χ4n) is 3.55. The van der Waals surface area contributed by atoms with Gasteiger partial charge in [0.2, 0.25) is 16.8 Å². The molecule has 2 aliphatic heterocycles. The zero-order valence-electron chi connectivity index (χ0n) is 17.9. The summed E-state index contributed by atoms with van der Waals surface area (Å²) in [7, 11) is -3.70. The van der Waals surface area contributed by atoms with Gasteiger partial charge in [-0.05, 0) is 56.2 Å². The number of carbonyl (C=O) groups excluding carboxylic acids is 2. The van der Waals surface area contributed by atoms with Gasteiger partial charge in [-0.25, -0.2) is 13.2 Å². The summed E-state index contributed by atoms with van der Waals surface area (Å²) < 4.78 is 43.0. The lowest BCUT2D eigenvalue weighted by molar-refractivity contribution is -0.123. The Hall–Kier alpha value is -2.82. The number of nitrogens with zero attached hydrogens (tertiary/aromatic N) is 1. The van der Waals surface area contributed by atoms with Crippen LogP contribution in [-0.4, -0.2) is 50.6 Å². The van der Waals surface area contributed by atoms with Crippen molar-refractivity contribution in [2.45, 2.75) is 37.2 Å². The van der Waals surface area contributed by atoms with Gasteiger partial charge >= 0.3 is 5.97 Å². The number of rotatable bonds is 6. The van der Waals surface area contributed by atoms with Crippen LogP contribution in [0, 0.1) is 0 Å². The van der Waals surface area contributed by atoms with Crippen LogP contribution < -0.4 is 14.8 Å². The summed E-state index contributed by atoms with van der Waals surface area (Å²) in [6.07, 6.45) is 1.45. The van der Waals surface area contributed by atoms with Gasteiger partial charge < -0.3 is 19.5 Å². The van der Waals surface area contributed by atoms with Gasteiger partial charge in [0.25, 0.3) is 5.91 Å². The smallest absolute Gasteiger partial charge is 0.339 e. The second-order valence-corrected chi connectivity index (χ2v) is 10.1. The van der Waals surface area contributed by atoms with Crippen LogP contribution in [0.25, 0.3) is 0 Å². The van der Waals surface area contributed by atoms with E-state index in [0.29, 0.717) is 24.6 Å². The standard InChI is InChI=1S/C22H23ClN2O7S/c1-14(32-22(27)15-5-8-19-20(11-15)31-13-30-19)21(26)24-18-12-16(6-7-17(18)23)33(28,29)25-9-3-2-4-10-25/h5-8,11-12,14H,2-4,9-10,13H2,1H3,(H,24,26)/t14-/m0/s1. The summed E-state index contributed by atoms with van der Waals surface area (Å²) in [5.74, 6) is -0.437. The molecule has 0 aliphatic carbocycles. The summed E-state index contributed by atoms with van der Waals surface area (Å²) in [4.78, 5) is 25.1. The molecule has 0 bridgehead atoms. The highest BCUT2D eigenvalue weighted by Crippen LogP contribution is 2.33. The zero-order valence-corrected chi connectivity index (χ0v) is 19.4. The molecule has 0 radical (unpaired) electrons. The van der Waals surface area contributed by atoms with Crippen molar-refractivity contribution in [2.24, 2.45) is 0 Å². The molecule has 1 amide bonds. The highest BCUT2D eigenvalue weighted by atomic mass is 35.5. The lowest BCUT2D eigenvalue weighted by Gasteiger charge is -2.26. The van der Waals surface area contributed by atoms with Crippen LogP contribution in [0.4, 0.5) is 5.69 Å². The van der Waals surface area contributed by atoms with E-state index in [4.69, 9.17) is 25.8 Å². The Morgan fingerprint density at radius 1 is 1.06 bits per heavy atom. The number of sulfonamides is 1. The van der Waals surface area contributed by atoms with Gasteiger partial charge in [0, 0.05) is 13.1 Å². The van der Waals surface area contributed by atoms with Gasteiger partial charge in [0.1, 0.15) is 0 Å². The van der Waals surface area contributed by atoms with E-state index in [2.05, 4.69) is 5.32 Å². The zero-order chi connectivity index (χ0) is 23.6. The molecule has 0 spiro atoms. The first-order valence-corrected chi connectivity index (χ1v) is 12.3. The van der Waals surface area contributed by atoms with Gasteiger partial charge in [0.15, 0.2) is 17.6 Å². The molecule has 1 N–H and O–H groups in total. The quantitative estimate of drug-likeness (QED) is 0.612. The minimum atomic E-state index is -3.70. The second kappa shape index (κ2) is 9.58. The molecular formula is C22H23ClN2O7S. The molecule has 0 unspecified atom stereocenters. The minimum absolute atomic E-state index is 0.0362. The molecule has 2 aromatic rings. The van der Waals surface area contributed by atoms with Crippen molar-refractivity contribution in [1.29, 1.82) is 0 Å². The molecule has 0 aromatic heterocycles. The molecule has 1 saturated heterocycles. The largest absolute Gasteiger partial charge is 0.454 e. The Morgan fingerprint density at radius 3 is 2.55 bits per heavy atom. The second-order valence-electron chi connectivity index (χ2n) is 7.71. The maximum absolute atomic E-state index is 12.9. The van der Waals surface area contributed by atoms with Gasteiger partial charge in [-0.2, -0.15) is 4.31 Å². The van der Waals surface area contributed by atoms with E-state index in [1.165, 1.54) is 41.6 Å².